The monoisotopic (exact) mass is 221 g/mol. The van der Waals surface area contributed by atoms with E-state index in [-0.39, 0.29) is 11.2 Å². The molecule has 0 unspecified atom stereocenters. The van der Waals surface area contributed by atoms with Crippen LogP contribution in [0.4, 0.5) is 10.1 Å². The lowest BCUT2D eigenvalue weighted by atomic mass is 9.93. The normalized spacial score (nSPS) is 10.9. The number of hydrogen-bond acceptors (Lipinski definition) is 1. The van der Waals surface area contributed by atoms with E-state index >= 15 is 0 Å². The van der Waals surface area contributed by atoms with Crippen molar-refractivity contribution in [2.45, 2.75) is 27.2 Å². The molecule has 0 spiro atoms. The Kier molecular flexibility index (Phi) is 3.89. The molecule has 0 atom stereocenters. The van der Waals surface area contributed by atoms with Gasteiger partial charge in [0, 0.05) is 0 Å². The van der Waals surface area contributed by atoms with Crippen LogP contribution in [0.3, 0.4) is 0 Å². The summed E-state index contributed by atoms with van der Waals surface area (Å²) in [7, 11) is 0. The Morgan fingerprint density at radius 2 is 2.06 bits per heavy atom. The minimum atomic E-state index is -0.470. The van der Waals surface area contributed by atoms with Crippen LogP contribution in [0.2, 0.25) is 0 Å². The molecule has 0 heterocycles. The highest BCUT2D eigenvalue weighted by Crippen LogP contribution is 2.24. The van der Waals surface area contributed by atoms with Gasteiger partial charge in [-0.25, -0.2) is 9.24 Å². The lowest BCUT2D eigenvalue weighted by Gasteiger charge is -2.18. The van der Waals surface area contributed by atoms with E-state index in [1.807, 2.05) is 0 Å². The van der Waals surface area contributed by atoms with Crippen molar-refractivity contribution in [2.75, 3.05) is 6.61 Å². The molecule has 0 saturated heterocycles. The number of rotatable bonds is 3. The van der Waals surface area contributed by atoms with E-state index in [9.17, 15) is 4.39 Å². The molecule has 1 aromatic rings. The van der Waals surface area contributed by atoms with Gasteiger partial charge in [-0.3, -0.25) is 0 Å². The highest BCUT2D eigenvalue weighted by molar-refractivity contribution is 5.47. The minimum absolute atomic E-state index is 0.174. The summed E-state index contributed by atoms with van der Waals surface area (Å²) in [4.78, 5) is 3.15. The second-order valence-corrected chi connectivity index (χ2v) is 4.89. The summed E-state index contributed by atoms with van der Waals surface area (Å²) in [5.74, 6) is -0.251. The molecular weight excluding hydrogens is 205 g/mol. The first kappa shape index (κ1) is 12.5. The number of benzene rings is 1. The van der Waals surface area contributed by atoms with E-state index in [1.54, 1.807) is 6.07 Å². The van der Waals surface area contributed by atoms with Crippen molar-refractivity contribution in [2.24, 2.45) is 5.41 Å². The molecule has 16 heavy (non-hydrogen) atoms. The van der Waals surface area contributed by atoms with Crippen LogP contribution in [0.25, 0.3) is 4.85 Å². The highest BCUT2D eigenvalue weighted by atomic mass is 19.1. The summed E-state index contributed by atoms with van der Waals surface area (Å²) in [6.45, 7) is 13.6. The van der Waals surface area contributed by atoms with Crippen molar-refractivity contribution in [1.82, 2.24) is 0 Å². The SMILES string of the molecule is [C-]#[N+]c1ccc(OCCC(C)(C)C)c(F)c1. The van der Waals surface area contributed by atoms with Gasteiger partial charge in [0.1, 0.15) is 0 Å². The molecule has 1 aromatic carbocycles. The first-order valence-electron chi connectivity index (χ1n) is 5.22. The number of halogens is 1. The predicted octanol–water partition coefficient (Wildman–Crippen LogP) is 4.19. The van der Waals surface area contributed by atoms with Crippen molar-refractivity contribution in [3.63, 3.8) is 0 Å². The molecule has 3 heteroatoms. The second kappa shape index (κ2) is 4.98. The molecule has 0 radical (unpaired) electrons. The first-order valence-corrected chi connectivity index (χ1v) is 5.22. The first-order chi connectivity index (χ1) is 7.42. The molecule has 0 saturated carbocycles. The number of nitrogens with zero attached hydrogens (tertiary/aromatic N) is 1. The molecule has 0 fully saturated rings. The van der Waals surface area contributed by atoms with Crippen molar-refractivity contribution < 1.29 is 9.13 Å². The Labute approximate surface area is 95.9 Å². The maximum absolute atomic E-state index is 13.4. The minimum Gasteiger partial charge on any atom is -0.491 e. The molecule has 0 amide bonds. The van der Waals surface area contributed by atoms with Gasteiger partial charge in [-0.15, -0.1) is 0 Å². The van der Waals surface area contributed by atoms with E-state index in [0.717, 1.165) is 6.42 Å². The molecule has 2 nitrogen and oxygen atoms in total. The summed E-state index contributed by atoms with van der Waals surface area (Å²) in [5.41, 5.74) is 0.466. The summed E-state index contributed by atoms with van der Waals surface area (Å²) in [6, 6.07) is 4.26. The van der Waals surface area contributed by atoms with Gasteiger partial charge in [-0.05, 0) is 24.0 Å². The average Bonchev–Trinajstić information content (AvgIpc) is 2.18. The highest BCUT2D eigenvalue weighted by Gasteiger charge is 2.11. The van der Waals surface area contributed by atoms with Gasteiger partial charge in [0.2, 0.25) is 0 Å². The van der Waals surface area contributed by atoms with Gasteiger partial charge in [0.25, 0.3) is 0 Å². The maximum atomic E-state index is 13.4. The van der Waals surface area contributed by atoms with Crippen LogP contribution in [0.5, 0.6) is 5.75 Å². The van der Waals surface area contributed by atoms with E-state index < -0.39 is 5.82 Å². The molecular formula is C13H16FNO. The third-order valence-electron chi connectivity index (χ3n) is 2.15. The van der Waals surface area contributed by atoms with Crippen LogP contribution in [-0.4, -0.2) is 6.61 Å². The molecule has 0 aliphatic heterocycles. The van der Waals surface area contributed by atoms with Crippen LogP contribution >= 0.6 is 0 Å². The van der Waals surface area contributed by atoms with Crippen molar-refractivity contribution >= 4 is 5.69 Å². The van der Waals surface area contributed by atoms with Gasteiger partial charge < -0.3 is 4.74 Å². The lowest BCUT2D eigenvalue weighted by Crippen LogP contribution is -2.11. The van der Waals surface area contributed by atoms with Crippen LogP contribution in [0.1, 0.15) is 27.2 Å². The predicted molar refractivity (Wildman–Crippen MR) is 62.2 cm³/mol. The van der Waals surface area contributed by atoms with E-state index in [1.165, 1.54) is 12.1 Å². The smallest absolute Gasteiger partial charge is 0.190 e. The summed E-state index contributed by atoms with van der Waals surface area (Å²) >= 11 is 0. The Bertz CT molecular complexity index is 401. The summed E-state index contributed by atoms with van der Waals surface area (Å²) in [5, 5.41) is 0. The number of ether oxygens (including phenoxy) is 1. The summed E-state index contributed by atoms with van der Waals surface area (Å²) < 4.78 is 18.7. The standard InChI is InChI=1S/C13H16FNO/c1-13(2,3)7-8-16-12-6-5-10(15-4)9-11(12)14/h5-6,9H,7-8H2,1-3H3. The van der Waals surface area contributed by atoms with Crippen LogP contribution in [0.15, 0.2) is 18.2 Å². The fourth-order valence-corrected chi connectivity index (χ4v) is 1.14. The fraction of sp³-hybridized carbons (Fsp3) is 0.462. The van der Waals surface area contributed by atoms with Crippen molar-refractivity contribution in [3.05, 3.63) is 35.4 Å². The van der Waals surface area contributed by atoms with E-state index in [4.69, 9.17) is 11.3 Å². The Morgan fingerprint density at radius 1 is 1.38 bits per heavy atom. The molecule has 0 bridgehead atoms. The zero-order valence-corrected chi connectivity index (χ0v) is 9.88. The van der Waals surface area contributed by atoms with Crippen LogP contribution < -0.4 is 4.74 Å². The lowest BCUT2D eigenvalue weighted by molar-refractivity contribution is 0.235. The van der Waals surface area contributed by atoms with Crippen LogP contribution in [-0.2, 0) is 0 Å². The van der Waals surface area contributed by atoms with Gasteiger partial charge >= 0.3 is 0 Å². The number of hydrogen-bond donors (Lipinski definition) is 0. The van der Waals surface area contributed by atoms with Gasteiger partial charge in [-0.2, -0.15) is 0 Å². The molecule has 86 valence electrons. The molecule has 0 aromatic heterocycles. The zero-order valence-electron chi connectivity index (χ0n) is 9.88. The Balaban J connectivity index is 2.59. The van der Waals surface area contributed by atoms with E-state index in [2.05, 4.69) is 25.6 Å². The third kappa shape index (κ3) is 3.90. The zero-order chi connectivity index (χ0) is 12.2. The van der Waals surface area contributed by atoms with Gasteiger partial charge in [0.15, 0.2) is 17.3 Å². The maximum Gasteiger partial charge on any atom is 0.190 e. The van der Waals surface area contributed by atoms with E-state index in [0.29, 0.717) is 12.3 Å². The molecule has 0 N–H and O–H groups in total. The fourth-order valence-electron chi connectivity index (χ4n) is 1.14. The Hall–Kier alpha value is -1.56. The summed E-state index contributed by atoms with van der Waals surface area (Å²) in [6.07, 6.45) is 0.858. The second-order valence-electron chi connectivity index (χ2n) is 4.89. The largest absolute Gasteiger partial charge is 0.491 e. The molecule has 0 aliphatic carbocycles. The van der Waals surface area contributed by atoms with Gasteiger partial charge in [-0.1, -0.05) is 26.8 Å². The molecule has 1 rings (SSSR count). The van der Waals surface area contributed by atoms with Crippen LogP contribution in [0, 0.1) is 17.8 Å². The average molecular weight is 221 g/mol. The third-order valence-corrected chi connectivity index (χ3v) is 2.15. The van der Waals surface area contributed by atoms with Crippen molar-refractivity contribution in [1.29, 1.82) is 0 Å². The topological polar surface area (TPSA) is 13.6 Å². The molecule has 0 aliphatic rings. The Morgan fingerprint density at radius 3 is 2.56 bits per heavy atom. The van der Waals surface area contributed by atoms with Gasteiger partial charge in [0.05, 0.1) is 13.2 Å². The quantitative estimate of drug-likeness (QED) is 0.698. The van der Waals surface area contributed by atoms with Crippen molar-refractivity contribution in [3.8, 4) is 5.75 Å².